The van der Waals surface area contributed by atoms with Gasteiger partial charge in [0, 0.05) is 31.2 Å². The molecule has 1 saturated heterocycles. The maximum absolute atomic E-state index is 12.6. The summed E-state index contributed by atoms with van der Waals surface area (Å²) < 4.78 is 5.72. The van der Waals surface area contributed by atoms with Crippen molar-refractivity contribution in [1.82, 2.24) is 15.5 Å². The van der Waals surface area contributed by atoms with E-state index in [0.29, 0.717) is 17.1 Å². The van der Waals surface area contributed by atoms with Crippen LogP contribution in [0.4, 0.5) is 0 Å². The van der Waals surface area contributed by atoms with Crippen molar-refractivity contribution < 1.29 is 14.3 Å². The van der Waals surface area contributed by atoms with E-state index in [1.807, 2.05) is 27.7 Å². The molecule has 1 aromatic carbocycles. The third-order valence-electron chi connectivity index (χ3n) is 4.63. The minimum Gasteiger partial charge on any atom is -0.373 e. The van der Waals surface area contributed by atoms with Crippen LogP contribution < -0.4 is 10.6 Å². The van der Waals surface area contributed by atoms with Crippen molar-refractivity contribution in [2.24, 2.45) is 5.92 Å². The normalized spacial score (nSPS) is 21.4. The minimum atomic E-state index is -0.651. The predicted molar refractivity (Wildman–Crippen MR) is 112 cm³/mol. The van der Waals surface area contributed by atoms with Gasteiger partial charge in [-0.1, -0.05) is 37.0 Å². The van der Waals surface area contributed by atoms with Gasteiger partial charge >= 0.3 is 0 Å². The molecule has 0 aliphatic carbocycles. The van der Waals surface area contributed by atoms with Gasteiger partial charge in [-0.3, -0.25) is 14.5 Å². The summed E-state index contributed by atoms with van der Waals surface area (Å²) in [6.07, 6.45) is 0.373. The number of hydrogen-bond acceptors (Lipinski definition) is 4. The van der Waals surface area contributed by atoms with E-state index in [1.54, 1.807) is 12.1 Å². The van der Waals surface area contributed by atoms with Crippen LogP contribution in [0.15, 0.2) is 18.2 Å². The zero-order chi connectivity index (χ0) is 20.8. The van der Waals surface area contributed by atoms with Gasteiger partial charge in [-0.2, -0.15) is 0 Å². The number of nitrogens with zero attached hydrogens (tertiary/aromatic N) is 1. The zero-order valence-corrected chi connectivity index (χ0v) is 18.3. The number of nitrogens with one attached hydrogen (secondary N) is 2. The summed E-state index contributed by atoms with van der Waals surface area (Å²) in [7, 11) is 0. The van der Waals surface area contributed by atoms with E-state index in [-0.39, 0.29) is 29.1 Å². The van der Waals surface area contributed by atoms with Crippen molar-refractivity contribution in [3.8, 4) is 0 Å². The van der Waals surface area contributed by atoms with Gasteiger partial charge in [-0.05, 0) is 38.0 Å². The maximum Gasteiger partial charge on any atom is 0.253 e. The Morgan fingerprint density at radius 2 is 1.86 bits per heavy atom. The standard InChI is InChI=1S/C20H29Cl2N3O3/c1-12(2)18(24-19(26)16-6-5-15(21)9-17(16)22)20(27)23-7-8-25-10-13(3)28-14(4)11-25/h5-6,9,12-14,18H,7-8,10-11H2,1-4H3,(H,23,27)(H,24,26)/t13-,14-,18+/m1/s1. The van der Waals surface area contributed by atoms with E-state index in [2.05, 4.69) is 15.5 Å². The summed E-state index contributed by atoms with van der Waals surface area (Å²) in [6.45, 7) is 10.8. The second-order valence-corrected chi connectivity index (χ2v) is 8.47. The van der Waals surface area contributed by atoms with Crippen LogP contribution in [-0.4, -0.2) is 61.1 Å². The molecule has 1 aliphatic rings. The molecular formula is C20H29Cl2N3O3. The highest BCUT2D eigenvalue weighted by atomic mass is 35.5. The van der Waals surface area contributed by atoms with Crippen molar-refractivity contribution in [2.45, 2.75) is 45.9 Å². The van der Waals surface area contributed by atoms with Crippen LogP contribution in [0.5, 0.6) is 0 Å². The lowest BCUT2D eigenvalue weighted by Crippen LogP contribution is -2.52. The number of amides is 2. The lowest BCUT2D eigenvalue weighted by molar-refractivity contribution is -0.124. The molecule has 1 heterocycles. The fourth-order valence-electron chi connectivity index (χ4n) is 3.34. The molecule has 2 rings (SSSR count). The van der Waals surface area contributed by atoms with Gasteiger partial charge < -0.3 is 15.4 Å². The molecule has 0 bridgehead atoms. The lowest BCUT2D eigenvalue weighted by Gasteiger charge is -2.35. The van der Waals surface area contributed by atoms with Crippen LogP contribution >= 0.6 is 23.2 Å². The first-order chi connectivity index (χ1) is 13.2. The molecule has 0 radical (unpaired) electrons. The van der Waals surface area contributed by atoms with Crippen molar-refractivity contribution in [3.05, 3.63) is 33.8 Å². The number of benzene rings is 1. The van der Waals surface area contributed by atoms with Crippen molar-refractivity contribution in [1.29, 1.82) is 0 Å². The highest BCUT2D eigenvalue weighted by Crippen LogP contribution is 2.21. The molecule has 0 spiro atoms. The van der Waals surface area contributed by atoms with E-state index in [4.69, 9.17) is 27.9 Å². The van der Waals surface area contributed by atoms with Crippen LogP contribution in [0.1, 0.15) is 38.1 Å². The monoisotopic (exact) mass is 429 g/mol. The Morgan fingerprint density at radius 3 is 2.43 bits per heavy atom. The van der Waals surface area contributed by atoms with E-state index in [0.717, 1.165) is 19.6 Å². The quantitative estimate of drug-likeness (QED) is 0.698. The predicted octanol–water partition coefficient (Wildman–Crippen LogP) is 2.97. The molecule has 6 nitrogen and oxygen atoms in total. The topological polar surface area (TPSA) is 70.7 Å². The number of carbonyl (C=O) groups excluding carboxylic acids is 2. The van der Waals surface area contributed by atoms with E-state index < -0.39 is 11.9 Å². The molecular weight excluding hydrogens is 401 g/mol. The molecule has 0 aromatic heterocycles. The lowest BCUT2D eigenvalue weighted by atomic mass is 10.0. The SMILES string of the molecule is CC(C)[C@H](NC(=O)c1ccc(Cl)cc1Cl)C(=O)NCCN1C[C@@H](C)O[C@H](C)C1. The Morgan fingerprint density at radius 1 is 1.21 bits per heavy atom. The Bertz CT molecular complexity index is 689. The van der Waals surface area contributed by atoms with Crippen LogP contribution in [0.25, 0.3) is 0 Å². The summed E-state index contributed by atoms with van der Waals surface area (Å²) in [5.74, 6) is -0.674. The largest absolute Gasteiger partial charge is 0.373 e. The number of hydrogen-bond donors (Lipinski definition) is 2. The highest BCUT2D eigenvalue weighted by molar-refractivity contribution is 6.36. The van der Waals surface area contributed by atoms with Crippen molar-refractivity contribution in [2.75, 3.05) is 26.2 Å². The Hall–Kier alpha value is -1.34. The van der Waals surface area contributed by atoms with Gasteiger partial charge in [0.15, 0.2) is 0 Å². The van der Waals surface area contributed by atoms with Gasteiger partial charge in [0.25, 0.3) is 5.91 Å². The van der Waals surface area contributed by atoms with Gasteiger partial charge in [0.2, 0.25) is 5.91 Å². The molecule has 2 N–H and O–H groups in total. The van der Waals surface area contributed by atoms with Crippen LogP contribution in [0.2, 0.25) is 10.0 Å². The van der Waals surface area contributed by atoms with Gasteiger partial charge in [-0.25, -0.2) is 0 Å². The summed E-state index contributed by atoms with van der Waals surface area (Å²) in [5, 5.41) is 6.42. The second-order valence-electron chi connectivity index (χ2n) is 7.63. The summed E-state index contributed by atoms with van der Waals surface area (Å²) in [6, 6.07) is 4.00. The fraction of sp³-hybridized carbons (Fsp3) is 0.600. The summed E-state index contributed by atoms with van der Waals surface area (Å²) in [4.78, 5) is 27.5. The number of ether oxygens (including phenoxy) is 1. The Labute approximate surface area is 176 Å². The van der Waals surface area contributed by atoms with Gasteiger partial charge in [0.1, 0.15) is 6.04 Å². The first-order valence-electron chi connectivity index (χ1n) is 9.58. The van der Waals surface area contributed by atoms with E-state index in [1.165, 1.54) is 6.07 Å². The summed E-state index contributed by atoms with van der Waals surface area (Å²) >= 11 is 12.0. The zero-order valence-electron chi connectivity index (χ0n) is 16.8. The smallest absolute Gasteiger partial charge is 0.253 e. The number of rotatable bonds is 7. The number of carbonyl (C=O) groups is 2. The third-order valence-corrected chi connectivity index (χ3v) is 5.18. The van der Waals surface area contributed by atoms with Crippen molar-refractivity contribution >= 4 is 35.0 Å². The van der Waals surface area contributed by atoms with Gasteiger partial charge in [0.05, 0.1) is 22.8 Å². The average Bonchev–Trinajstić information content (AvgIpc) is 2.58. The Kier molecular flexibility index (Phi) is 8.56. The molecule has 3 atom stereocenters. The Balaban J connectivity index is 1.90. The van der Waals surface area contributed by atoms with Gasteiger partial charge in [-0.15, -0.1) is 0 Å². The molecule has 28 heavy (non-hydrogen) atoms. The van der Waals surface area contributed by atoms with Crippen LogP contribution in [-0.2, 0) is 9.53 Å². The molecule has 0 unspecified atom stereocenters. The summed E-state index contributed by atoms with van der Waals surface area (Å²) in [5.41, 5.74) is 0.292. The van der Waals surface area contributed by atoms with Crippen molar-refractivity contribution in [3.63, 3.8) is 0 Å². The highest BCUT2D eigenvalue weighted by Gasteiger charge is 2.26. The molecule has 2 amide bonds. The first-order valence-corrected chi connectivity index (χ1v) is 10.3. The second kappa shape index (κ2) is 10.4. The molecule has 1 aliphatic heterocycles. The molecule has 0 saturated carbocycles. The van der Waals surface area contributed by atoms with E-state index >= 15 is 0 Å². The molecule has 1 fully saturated rings. The van der Waals surface area contributed by atoms with Crippen LogP contribution in [0.3, 0.4) is 0 Å². The molecule has 156 valence electrons. The maximum atomic E-state index is 12.6. The molecule has 1 aromatic rings. The number of halogens is 2. The number of morpholine rings is 1. The average molecular weight is 430 g/mol. The van der Waals surface area contributed by atoms with Crippen LogP contribution in [0, 0.1) is 5.92 Å². The minimum absolute atomic E-state index is 0.0709. The first kappa shape index (κ1) is 22.9. The molecule has 8 heteroatoms. The van der Waals surface area contributed by atoms with E-state index in [9.17, 15) is 9.59 Å². The third kappa shape index (κ3) is 6.62. The fourth-order valence-corrected chi connectivity index (χ4v) is 3.84.